The van der Waals surface area contributed by atoms with Crippen molar-refractivity contribution in [2.45, 2.75) is 207 Å². The van der Waals surface area contributed by atoms with Gasteiger partial charge in [0.05, 0.1) is 0 Å². The summed E-state index contributed by atoms with van der Waals surface area (Å²) in [6.45, 7) is 8.92. The van der Waals surface area contributed by atoms with Crippen molar-refractivity contribution in [3.05, 3.63) is 70.8 Å². The summed E-state index contributed by atoms with van der Waals surface area (Å²) in [6, 6.07) is 15.7. The normalized spacial score (nSPS) is 15.1. The standard InChI is InChI=1S/C56H74N2O4/c1-5-9-13-17-19-21-25-29-39(27-23-15-11-7-3)57-53(59)45-35-31-41-43-33-37-47-52-48(38-34-44(50(43)52)42-32-36-46(54(57)60)51(45)49(41)42)56(62)58(55(47)61)40(28-24-16-12-8-4)30-26-22-20-18-14-10-6-2/h31-40H,5-30H2,1-4H3. The van der Waals surface area contributed by atoms with Crippen LogP contribution in [-0.2, 0) is 0 Å². The Hall–Kier alpha value is -4.32. The van der Waals surface area contributed by atoms with Crippen LogP contribution in [0, 0.1) is 0 Å². The van der Waals surface area contributed by atoms with Crippen LogP contribution in [0.5, 0.6) is 0 Å². The molecule has 332 valence electrons. The molecule has 2 unspecified atom stereocenters. The number of hydrogen-bond acceptors (Lipinski definition) is 4. The van der Waals surface area contributed by atoms with E-state index in [-0.39, 0.29) is 35.7 Å². The molecule has 0 spiro atoms. The van der Waals surface area contributed by atoms with Gasteiger partial charge in [0, 0.05) is 45.1 Å². The molecule has 0 aliphatic carbocycles. The van der Waals surface area contributed by atoms with E-state index < -0.39 is 0 Å². The monoisotopic (exact) mass is 839 g/mol. The van der Waals surface area contributed by atoms with E-state index in [9.17, 15) is 19.2 Å². The van der Waals surface area contributed by atoms with Gasteiger partial charge < -0.3 is 0 Å². The molecule has 7 rings (SSSR count). The van der Waals surface area contributed by atoms with Crippen molar-refractivity contribution >= 4 is 66.7 Å². The summed E-state index contributed by atoms with van der Waals surface area (Å²) in [5.41, 5.74) is 2.39. The molecule has 0 fully saturated rings. The summed E-state index contributed by atoms with van der Waals surface area (Å²) >= 11 is 0. The van der Waals surface area contributed by atoms with Gasteiger partial charge in [0.2, 0.25) is 0 Å². The molecule has 62 heavy (non-hydrogen) atoms. The van der Waals surface area contributed by atoms with Gasteiger partial charge in [-0.15, -0.1) is 0 Å². The number of rotatable bonds is 28. The van der Waals surface area contributed by atoms with Gasteiger partial charge in [-0.2, -0.15) is 0 Å². The third-order valence-corrected chi connectivity index (χ3v) is 14.5. The zero-order valence-electron chi connectivity index (χ0n) is 38.7. The number of nitrogens with zero attached hydrogens (tertiary/aromatic N) is 2. The number of fused-ring (bicyclic) bond motifs is 2. The highest BCUT2D eigenvalue weighted by atomic mass is 16.2. The largest absolute Gasteiger partial charge is 0.271 e. The van der Waals surface area contributed by atoms with Crippen molar-refractivity contribution in [3.63, 3.8) is 0 Å². The first-order valence-electron chi connectivity index (χ1n) is 25.3. The molecule has 2 atom stereocenters. The molecule has 5 aromatic carbocycles. The van der Waals surface area contributed by atoms with E-state index in [0.717, 1.165) is 146 Å². The summed E-state index contributed by atoms with van der Waals surface area (Å²) in [5.74, 6) is -0.712. The summed E-state index contributed by atoms with van der Waals surface area (Å²) in [5, 5.41) is 7.09. The summed E-state index contributed by atoms with van der Waals surface area (Å²) in [4.78, 5) is 61.9. The van der Waals surface area contributed by atoms with Crippen LogP contribution < -0.4 is 0 Å². The Kier molecular flexibility index (Phi) is 16.1. The SMILES string of the molecule is CCCCCCCCCC(CCCCCC)N1C(=O)c2ccc3c4ccc5c6c(ccc(c7ccc(c2c37)C1=O)c64)C(=O)N(C(CCCCCC)CCCCCCCCC)C5=O. The molecule has 2 aliphatic heterocycles. The van der Waals surface area contributed by atoms with Crippen molar-refractivity contribution < 1.29 is 19.2 Å². The number of unbranched alkanes of at least 4 members (excludes halogenated alkanes) is 18. The highest BCUT2D eigenvalue weighted by molar-refractivity contribution is 6.41. The average molecular weight is 839 g/mol. The molecule has 6 nitrogen and oxygen atoms in total. The van der Waals surface area contributed by atoms with Crippen LogP contribution in [-0.4, -0.2) is 45.5 Å². The van der Waals surface area contributed by atoms with Gasteiger partial charge in [-0.25, -0.2) is 0 Å². The van der Waals surface area contributed by atoms with E-state index >= 15 is 0 Å². The maximum atomic E-state index is 14.7. The first-order valence-corrected chi connectivity index (χ1v) is 25.3. The second-order valence-corrected chi connectivity index (χ2v) is 18.9. The number of carbonyl (C=O) groups is 4. The fourth-order valence-electron chi connectivity index (χ4n) is 11.1. The first-order chi connectivity index (χ1) is 30.4. The number of carbonyl (C=O) groups excluding carboxylic acids is 4. The van der Waals surface area contributed by atoms with Crippen molar-refractivity contribution in [2.75, 3.05) is 0 Å². The Morgan fingerprint density at radius 3 is 0.790 bits per heavy atom. The number of amides is 4. The maximum Gasteiger partial charge on any atom is 0.261 e. The van der Waals surface area contributed by atoms with Crippen molar-refractivity contribution in [2.24, 2.45) is 0 Å². The van der Waals surface area contributed by atoms with Gasteiger partial charge in [0.25, 0.3) is 23.6 Å². The molecule has 0 radical (unpaired) electrons. The molecule has 2 heterocycles. The van der Waals surface area contributed by atoms with Crippen molar-refractivity contribution in [1.29, 1.82) is 0 Å². The predicted octanol–water partition coefficient (Wildman–Crippen LogP) is 15.9. The first kappa shape index (κ1) is 45.7. The number of hydrogen-bond donors (Lipinski definition) is 0. The molecule has 2 aliphatic rings. The van der Waals surface area contributed by atoms with E-state index in [1.54, 1.807) is 9.80 Å². The molecule has 0 saturated heterocycles. The molecule has 4 amide bonds. The van der Waals surface area contributed by atoms with E-state index in [2.05, 4.69) is 27.7 Å². The summed E-state index contributed by atoms with van der Waals surface area (Å²) < 4.78 is 0. The Labute approximate surface area is 371 Å². The molecule has 5 aromatic rings. The Balaban J connectivity index is 1.21. The van der Waals surface area contributed by atoms with Crippen LogP contribution in [0.1, 0.15) is 236 Å². The van der Waals surface area contributed by atoms with Gasteiger partial charge >= 0.3 is 0 Å². The van der Waals surface area contributed by atoms with E-state index in [1.165, 1.54) is 64.2 Å². The second-order valence-electron chi connectivity index (χ2n) is 18.9. The van der Waals surface area contributed by atoms with Gasteiger partial charge in [-0.1, -0.05) is 193 Å². The minimum absolute atomic E-state index is 0.115. The molecule has 0 N–H and O–H groups in total. The average Bonchev–Trinajstić information content (AvgIpc) is 3.28. The molecule has 6 heteroatoms. The Morgan fingerprint density at radius 1 is 0.306 bits per heavy atom. The maximum absolute atomic E-state index is 14.7. The fraction of sp³-hybridized carbons (Fsp3) is 0.571. The number of imide groups is 2. The van der Waals surface area contributed by atoms with Crippen LogP contribution in [0.4, 0.5) is 0 Å². The lowest BCUT2D eigenvalue weighted by Gasteiger charge is -2.35. The van der Waals surface area contributed by atoms with Crippen LogP contribution in [0.25, 0.3) is 43.1 Å². The van der Waals surface area contributed by atoms with E-state index in [1.807, 2.05) is 48.5 Å². The van der Waals surface area contributed by atoms with Crippen molar-refractivity contribution in [3.8, 4) is 0 Å². The summed E-state index contributed by atoms with van der Waals surface area (Å²) in [7, 11) is 0. The van der Waals surface area contributed by atoms with Crippen LogP contribution in [0.15, 0.2) is 48.5 Å². The van der Waals surface area contributed by atoms with Gasteiger partial charge in [-0.3, -0.25) is 29.0 Å². The van der Waals surface area contributed by atoms with Crippen LogP contribution >= 0.6 is 0 Å². The fourth-order valence-corrected chi connectivity index (χ4v) is 11.1. The third kappa shape index (κ3) is 9.32. The van der Waals surface area contributed by atoms with E-state index in [4.69, 9.17) is 0 Å². The quantitative estimate of drug-likeness (QED) is 0.0218. The zero-order valence-corrected chi connectivity index (χ0v) is 38.7. The second kappa shape index (κ2) is 21.8. The van der Waals surface area contributed by atoms with Crippen LogP contribution in [0.2, 0.25) is 0 Å². The minimum Gasteiger partial charge on any atom is -0.271 e. The Morgan fingerprint density at radius 2 is 0.532 bits per heavy atom. The zero-order chi connectivity index (χ0) is 43.6. The molecule has 0 saturated carbocycles. The predicted molar refractivity (Wildman–Crippen MR) is 259 cm³/mol. The molecular weight excluding hydrogens is 765 g/mol. The highest BCUT2D eigenvalue weighted by Crippen LogP contribution is 2.47. The van der Waals surface area contributed by atoms with Gasteiger partial charge in [-0.05, 0) is 82.3 Å². The van der Waals surface area contributed by atoms with Gasteiger partial charge in [0.1, 0.15) is 0 Å². The lowest BCUT2D eigenvalue weighted by Crippen LogP contribution is -2.47. The summed E-state index contributed by atoms with van der Waals surface area (Å²) in [6.07, 6.45) is 29.1. The molecular formula is C56H74N2O4. The topological polar surface area (TPSA) is 74.8 Å². The third-order valence-electron chi connectivity index (χ3n) is 14.5. The molecule has 0 bridgehead atoms. The van der Waals surface area contributed by atoms with Crippen molar-refractivity contribution in [1.82, 2.24) is 9.80 Å². The minimum atomic E-state index is -0.178. The lowest BCUT2D eigenvalue weighted by atomic mass is 9.81. The Bertz CT molecular complexity index is 2060. The lowest BCUT2D eigenvalue weighted by molar-refractivity contribution is 0.0501. The molecule has 0 aromatic heterocycles. The van der Waals surface area contributed by atoms with Crippen LogP contribution in [0.3, 0.4) is 0 Å². The number of benzene rings is 5. The highest BCUT2D eigenvalue weighted by Gasteiger charge is 2.40. The smallest absolute Gasteiger partial charge is 0.261 e. The van der Waals surface area contributed by atoms with E-state index in [0.29, 0.717) is 22.3 Å². The van der Waals surface area contributed by atoms with Gasteiger partial charge in [0.15, 0.2) is 0 Å².